The Morgan fingerprint density at radius 1 is 1.17 bits per heavy atom. The molecule has 0 aromatic heterocycles. The molecule has 0 heterocycles. The second-order valence-electron chi connectivity index (χ2n) is 4.84. The number of alkyl halides is 3. The summed E-state index contributed by atoms with van der Waals surface area (Å²) in [5, 5.41) is 19.8. The van der Waals surface area contributed by atoms with Gasteiger partial charge < -0.3 is 10.2 Å². The molecule has 0 saturated heterocycles. The average molecular weight is 260 g/mol. The van der Waals surface area contributed by atoms with Crippen LogP contribution in [-0.2, 0) is 11.8 Å². The molecule has 18 heavy (non-hydrogen) atoms. The lowest BCUT2D eigenvalue weighted by molar-refractivity contribution is -0.137. The normalized spacial score (nSPS) is 29.3. The monoisotopic (exact) mass is 260 g/mol. The van der Waals surface area contributed by atoms with Crippen LogP contribution >= 0.6 is 0 Å². The second kappa shape index (κ2) is 4.55. The van der Waals surface area contributed by atoms with Gasteiger partial charge in [-0.3, -0.25) is 0 Å². The van der Waals surface area contributed by atoms with Crippen molar-refractivity contribution in [3.8, 4) is 0 Å². The minimum absolute atomic E-state index is 0.282. The van der Waals surface area contributed by atoms with Crippen LogP contribution in [0, 0.1) is 0 Å². The summed E-state index contributed by atoms with van der Waals surface area (Å²) in [6, 6.07) is 4.80. The van der Waals surface area contributed by atoms with Gasteiger partial charge in [0.1, 0.15) is 0 Å². The molecule has 100 valence electrons. The first-order valence-electron chi connectivity index (χ1n) is 5.89. The van der Waals surface area contributed by atoms with E-state index in [-0.39, 0.29) is 18.4 Å². The molecule has 1 aliphatic carbocycles. The number of rotatable bonds is 1. The van der Waals surface area contributed by atoms with Gasteiger partial charge in [-0.2, -0.15) is 13.2 Å². The first-order chi connectivity index (χ1) is 8.31. The molecule has 2 N–H and O–H groups in total. The zero-order valence-corrected chi connectivity index (χ0v) is 9.74. The average Bonchev–Trinajstić information content (AvgIpc) is 2.32. The molecule has 1 aliphatic rings. The molecule has 0 atom stereocenters. The van der Waals surface area contributed by atoms with E-state index in [0.29, 0.717) is 12.8 Å². The number of hydrogen-bond acceptors (Lipinski definition) is 2. The van der Waals surface area contributed by atoms with Crippen molar-refractivity contribution in [1.82, 2.24) is 0 Å². The molecule has 0 amide bonds. The molecule has 2 nitrogen and oxygen atoms in total. The number of hydrogen-bond donors (Lipinski definition) is 2. The number of aliphatic hydroxyl groups excluding tert-OH is 1. The van der Waals surface area contributed by atoms with Crippen molar-refractivity contribution < 1.29 is 23.4 Å². The van der Waals surface area contributed by atoms with Crippen molar-refractivity contribution >= 4 is 0 Å². The molecular weight excluding hydrogens is 245 g/mol. The van der Waals surface area contributed by atoms with E-state index in [1.165, 1.54) is 12.1 Å². The molecule has 5 heteroatoms. The highest BCUT2D eigenvalue weighted by Gasteiger charge is 2.37. The van der Waals surface area contributed by atoms with Crippen LogP contribution in [-0.4, -0.2) is 16.3 Å². The number of aliphatic hydroxyl groups is 2. The summed E-state index contributed by atoms with van der Waals surface area (Å²) < 4.78 is 37.8. The van der Waals surface area contributed by atoms with Gasteiger partial charge >= 0.3 is 6.18 Å². The van der Waals surface area contributed by atoms with Gasteiger partial charge in [0.2, 0.25) is 0 Å². The SMILES string of the molecule is OC1CCC(O)(c2cccc(C(F)(F)F)c2)CC1. The van der Waals surface area contributed by atoms with Crippen molar-refractivity contribution in [3.05, 3.63) is 35.4 Å². The zero-order chi connectivity index (χ0) is 13.4. The Morgan fingerprint density at radius 3 is 2.33 bits per heavy atom. The van der Waals surface area contributed by atoms with E-state index in [4.69, 9.17) is 0 Å². The summed E-state index contributed by atoms with van der Waals surface area (Å²) in [7, 11) is 0. The predicted octanol–water partition coefficient (Wildman–Crippen LogP) is 2.83. The Morgan fingerprint density at radius 2 is 1.78 bits per heavy atom. The summed E-state index contributed by atoms with van der Waals surface area (Å²) in [4.78, 5) is 0. The van der Waals surface area contributed by atoms with E-state index in [9.17, 15) is 23.4 Å². The first-order valence-corrected chi connectivity index (χ1v) is 5.89. The Labute approximate surface area is 103 Å². The fourth-order valence-corrected chi connectivity index (χ4v) is 2.35. The predicted molar refractivity (Wildman–Crippen MR) is 59.8 cm³/mol. The smallest absolute Gasteiger partial charge is 0.393 e. The largest absolute Gasteiger partial charge is 0.416 e. The van der Waals surface area contributed by atoms with Gasteiger partial charge in [-0.15, -0.1) is 0 Å². The quantitative estimate of drug-likeness (QED) is 0.815. The first kappa shape index (κ1) is 13.4. The van der Waals surface area contributed by atoms with E-state index in [1.807, 2.05) is 0 Å². The minimum Gasteiger partial charge on any atom is -0.393 e. The molecule has 1 fully saturated rings. The number of benzene rings is 1. The molecule has 0 bridgehead atoms. The van der Waals surface area contributed by atoms with Crippen LogP contribution in [0.5, 0.6) is 0 Å². The van der Waals surface area contributed by atoms with Gasteiger partial charge in [0.15, 0.2) is 0 Å². The standard InChI is InChI=1S/C13H15F3O2/c14-13(15,16)10-3-1-2-9(8-10)12(18)6-4-11(17)5-7-12/h1-3,8,11,17-18H,4-7H2. The van der Waals surface area contributed by atoms with Crippen LogP contribution in [0.25, 0.3) is 0 Å². The van der Waals surface area contributed by atoms with Gasteiger partial charge in [-0.1, -0.05) is 12.1 Å². The maximum Gasteiger partial charge on any atom is 0.416 e. The van der Waals surface area contributed by atoms with Gasteiger partial charge in [0.05, 0.1) is 17.3 Å². The molecule has 2 rings (SSSR count). The highest BCUT2D eigenvalue weighted by Crippen LogP contribution is 2.39. The Balaban J connectivity index is 2.28. The van der Waals surface area contributed by atoms with Crippen LogP contribution in [0.4, 0.5) is 13.2 Å². The molecule has 0 spiro atoms. The Hall–Kier alpha value is -1.07. The lowest BCUT2D eigenvalue weighted by Gasteiger charge is -2.35. The molecule has 0 radical (unpaired) electrons. The molecule has 0 unspecified atom stereocenters. The van der Waals surface area contributed by atoms with Crippen molar-refractivity contribution in [2.45, 2.75) is 43.6 Å². The summed E-state index contributed by atoms with van der Waals surface area (Å²) in [5.41, 5.74) is -1.72. The van der Waals surface area contributed by atoms with Crippen LogP contribution in [0.2, 0.25) is 0 Å². The zero-order valence-electron chi connectivity index (χ0n) is 9.74. The Bertz CT molecular complexity index is 420. The van der Waals surface area contributed by atoms with Crippen molar-refractivity contribution in [1.29, 1.82) is 0 Å². The van der Waals surface area contributed by atoms with Crippen LogP contribution in [0.3, 0.4) is 0 Å². The van der Waals surface area contributed by atoms with Gasteiger partial charge in [0.25, 0.3) is 0 Å². The van der Waals surface area contributed by atoms with Crippen LogP contribution in [0.1, 0.15) is 36.8 Å². The molecule has 1 saturated carbocycles. The van der Waals surface area contributed by atoms with Crippen molar-refractivity contribution in [3.63, 3.8) is 0 Å². The summed E-state index contributed by atoms with van der Waals surface area (Å²) in [5.74, 6) is 0. The second-order valence-corrected chi connectivity index (χ2v) is 4.84. The van der Waals surface area contributed by atoms with E-state index >= 15 is 0 Å². The molecule has 1 aromatic carbocycles. The van der Waals surface area contributed by atoms with Gasteiger partial charge in [-0.25, -0.2) is 0 Å². The Kier molecular flexibility index (Phi) is 3.38. The maximum absolute atomic E-state index is 12.6. The minimum atomic E-state index is -4.40. The molecule has 1 aromatic rings. The van der Waals surface area contributed by atoms with Crippen molar-refractivity contribution in [2.24, 2.45) is 0 Å². The highest BCUT2D eigenvalue weighted by molar-refractivity contribution is 5.30. The number of halogens is 3. The molecular formula is C13H15F3O2. The third kappa shape index (κ3) is 2.67. The van der Waals surface area contributed by atoms with E-state index in [0.717, 1.165) is 12.1 Å². The summed E-state index contributed by atoms with van der Waals surface area (Å²) in [6.45, 7) is 0. The maximum atomic E-state index is 12.6. The van der Waals surface area contributed by atoms with E-state index in [2.05, 4.69) is 0 Å². The van der Waals surface area contributed by atoms with Gasteiger partial charge in [0, 0.05) is 0 Å². The highest BCUT2D eigenvalue weighted by atomic mass is 19.4. The fraction of sp³-hybridized carbons (Fsp3) is 0.538. The summed E-state index contributed by atoms with van der Waals surface area (Å²) >= 11 is 0. The van der Waals surface area contributed by atoms with E-state index in [1.54, 1.807) is 0 Å². The van der Waals surface area contributed by atoms with Crippen LogP contribution < -0.4 is 0 Å². The topological polar surface area (TPSA) is 40.5 Å². The third-order valence-electron chi connectivity index (χ3n) is 3.51. The van der Waals surface area contributed by atoms with Crippen LogP contribution in [0.15, 0.2) is 24.3 Å². The van der Waals surface area contributed by atoms with Crippen molar-refractivity contribution in [2.75, 3.05) is 0 Å². The lowest BCUT2D eigenvalue weighted by atomic mass is 9.78. The third-order valence-corrected chi connectivity index (χ3v) is 3.51. The molecule has 0 aliphatic heterocycles. The van der Waals surface area contributed by atoms with Gasteiger partial charge in [-0.05, 0) is 43.4 Å². The summed E-state index contributed by atoms with van der Waals surface area (Å²) in [6.07, 6.45) is -3.47. The lowest BCUT2D eigenvalue weighted by Crippen LogP contribution is -2.33. The fourth-order valence-electron chi connectivity index (χ4n) is 2.35. The van der Waals surface area contributed by atoms with E-state index < -0.39 is 23.4 Å².